The predicted molar refractivity (Wildman–Crippen MR) is 185 cm³/mol. The standard InChI is InChI=1S/C36H60NO8P/c1-6-8-10-12-14-16-17-18-19-21-23-25-27-29-36(39)45-34(33-44-46(40,41)43-31-30-37(3,4)5)32-42-35(38)28-26-24-22-20-15-13-11-9-7-2/h8-12,14-20,34H,6-7,13,21-33H2,1-5H3/b10-8+,11-9+,14-12+,17-16+,19-18+,20-15+. The number of likely N-dealkylation sites (N-methyl/N-ethyl adjacent to an activating group) is 1. The number of esters is 2. The van der Waals surface area contributed by atoms with Gasteiger partial charge in [-0.3, -0.25) is 14.2 Å². The van der Waals surface area contributed by atoms with Crippen LogP contribution in [0.25, 0.3) is 0 Å². The van der Waals surface area contributed by atoms with Gasteiger partial charge in [0.25, 0.3) is 7.82 Å². The lowest BCUT2D eigenvalue weighted by atomic mass is 10.1. The summed E-state index contributed by atoms with van der Waals surface area (Å²) in [5, 5.41) is 0. The van der Waals surface area contributed by atoms with Gasteiger partial charge >= 0.3 is 11.9 Å². The van der Waals surface area contributed by atoms with E-state index >= 15 is 0 Å². The van der Waals surface area contributed by atoms with Crippen LogP contribution in [0, 0.1) is 0 Å². The molecule has 0 fully saturated rings. The first-order valence-electron chi connectivity index (χ1n) is 16.7. The number of nitrogens with zero attached hydrogens (tertiary/aromatic N) is 1. The molecule has 0 bridgehead atoms. The summed E-state index contributed by atoms with van der Waals surface area (Å²) in [6.45, 7) is 3.81. The van der Waals surface area contributed by atoms with Crippen molar-refractivity contribution in [3.63, 3.8) is 0 Å². The van der Waals surface area contributed by atoms with E-state index < -0.39 is 32.5 Å². The summed E-state index contributed by atoms with van der Waals surface area (Å²) in [5.74, 6) is -0.938. The van der Waals surface area contributed by atoms with E-state index in [1.807, 2.05) is 57.6 Å². The van der Waals surface area contributed by atoms with Gasteiger partial charge in [-0.2, -0.15) is 0 Å². The maximum atomic E-state index is 12.5. The Morgan fingerprint density at radius 1 is 0.696 bits per heavy atom. The fourth-order valence-electron chi connectivity index (χ4n) is 3.70. The van der Waals surface area contributed by atoms with Gasteiger partial charge in [-0.25, -0.2) is 0 Å². The molecule has 0 aliphatic rings. The molecular formula is C36H60NO8P. The van der Waals surface area contributed by atoms with Gasteiger partial charge in [-0.15, -0.1) is 0 Å². The number of phosphoric acid groups is 1. The molecule has 0 amide bonds. The monoisotopic (exact) mass is 665 g/mol. The Morgan fingerprint density at radius 2 is 1.28 bits per heavy atom. The number of hydrogen-bond donors (Lipinski definition) is 0. The third kappa shape index (κ3) is 31.4. The lowest BCUT2D eigenvalue weighted by Gasteiger charge is -2.28. The molecule has 262 valence electrons. The second-order valence-electron chi connectivity index (χ2n) is 11.9. The first kappa shape index (κ1) is 43.5. The normalized spacial score (nSPS) is 14.8. The summed E-state index contributed by atoms with van der Waals surface area (Å²) in [7, 11) is 1.10. The van der Waals surface area contributed by atoms with E-state index in [1.54, 1.807) is 0 Å². The number of quaternary nitrogens is 1. The van der Waals surface area contributed by atoms with E-state index in [0.29, 0.717) is 23.9 Å². The zero-order chi connectivity index (χ0) is 34.4. The number of phosphoric ester groups is 1. The fourth-order valence-corrected chi connectivity index (χ4v) is 4.43. The van der Waals surface area contributed by atoms with Crippen molar-refractivity contribution < 1.29 is 42.1 Å². The van der Waals surface area contributed by atoms with Gasteiger partial charge in [0.05, 0.1) is 27.7 Å². The molecule has 0 saturated heterocycles. The van der Waals surface area contributed by atoms with Crippen molar-refractivity contribution in [1.82, 2.24) is 0 Å². The van der Waals surface area contributed by atoms with Gasteiger partial charge < -0.3 is 27.9 Å². The quantitative estimate of drug-likeness (QED) is 0.0209. The number of hydrogen-bond acceptors (Lipinski definition) is 8. The van der Waals surface area contributed by atoms with Crippen LogP contribution < -0.4 is 4.89 Å². The summed E-state index contributed by atoms with van der Waals surface area (Å²) in [6, 6.07) is 0. The van der Waals surface area contributed by atoms with Gasteiger partial charge in [0.2, 0.25) is 0 Å². The lowest BCUT2D eigenvalue weighted by molar-refractivity contribution is -0.870. The van der Waals surface area contributed by atoms with Crippen LogP contribution in [-0.2, 0) is 32.7 Å². The van der Waals surface area contributed by atoms with Crippen LogP contribution in [0.4, 0.5) is 0 Å². The second-order valence-corrected chi connectivity index (χ2v) is 13.3. The van der Waals surface area contributed by atoms with Gasteiger partial charge in [0.1, 0.15) is 19.8 Å². The Morgan fingerprint density at radius 3 is 1.98 bits per heavy atom. The highest BCUT2D eigenvalue weighted by Crippen LogP contribution is 2.38. The molecule has 0 aromatic rings. The molecular weight excluding hydrogens is 605 g/mol. The molecule has 0 saturated carbocycles. The molecule has 0 aliphatic carbocycles. The van der Waals surface area contributed by atoms with Crippen LogP contribution in [0.15, 0.2) is 72.9 Å². The summed E-state index contributed by atoms with van der Waals surface area (Å²) >= 11 is 0. The van der Waals surface area contributed by atoms with Crippen molar-refractivity contribution >= 4 is 19.8 Å². The summed E-state index contributed by atoms with van der Waals surface area (Å²) in [5.41, 5.74) is 0. The molecule has 0 rings (SSSR count). The molecule has 2 unspecified atom stereocenters. The van der Waals surface area contributed by atoms with E-state index in [0.717, 1.165) is 51.4 Å². The highest BCUT2D eigenvalue weighted by atomic mass is 31.2. The largest absolute Gasteiger partial charge is 0.756 e. The van der Waals surface area contributed by atoms with Crippen molar-refractivity contribution in [2.24, 2.45) is 0 Å². The maximum Gasteiger partial charge on any atom is 0.306 e. The maximum absolute atomic E-state index is 12.5. The average molecular weight is 666 g/mol. The van der Waals surface area contributed by atoms with Gasteiger partial charge in [0, 0.05) is 12.8 Å². The Bertz CT molecular complexity index is 1020. The van der Waals surface area contributed by atoms with Crippen LogP contribution in [0.2, 0.25) is 0 Å². The fraction of sp³-hybridized carbons (Fsp3) is 0.611. The van der Waals surface area contributed by atoms with E-state index in [1.165, 1.54) is 0 Å². The minimum atomic E-state index is -4.63. The number of allylic oxidation sites excluding steroid dienone is 12. The number of unbranched alkanes of at least 4 members (excludes halogenated alkanes) is 5. The van der Waals surface area contributed by atoms with Crippen LogP contribution in [0.5, 0.6) is 0 Å². The zero-order valence-electron chi connectivity index (χ0n) is 29.0. The SMILES string of the molecule is CC/C=C/C=C/C=C/C=C/CCCCCC(=O)OC(COC(=O)CCCC/C=C/C/C=C/CC)COP(=O)([O-])OCC[N+](C)(C)C. The van der Waals surface area contributed by atoms with E-state index in [9.17, 15) is 19.0 Å². The second kappa shape index (κ2) is 28.7. The molecule has 0 heterocycles. The highest BCUT2D eigenvalue weighted by molar-refractivity contribution is 7.45. The zero-order valence-corrected chi connectivity index (χ0v) is 29.9. The Kier molecular flexibility index (Phi) is 27.1. The third-order valence-corrected chi connectivity index (χ3v) is 7.28. The van der Waals surface area contributed by atoms with Crippen molar-refractivity contribution in [2.75, 3.05) is 47.5 Å². The van der Waals surface area contributed by atoms with Crippen LogP contribution >= 0.6 is 7.82 Å². The van der Waals surface area contributed by atoms with Crippen LogP contribution in [0.3, 0.4) is 0 Å². The third-order valence-electron chi connectivity index (χ3n) is 6.32. The molecule has 2 atom stereocenters. The topological polar surface area (TPSA) is 111 Å². The molecule has 46 heavy (non-hydrogen) atoms. The van der Waals surface area contributed by atoms with Crippen molar-refractivity contribution in [3.05, 3.63) is 72.9 Å². The molecule has 0 spiro atoms. The Hall–Kier alpha value is -2.55. The van der Waals surface area contributed by atoms with E-state index in [2.05, 4.69) is 50.3 Å². The summed E-state index contributed by atoms with van der Waals surface area (Å²) in [4.78, 5) is 37.1. The molecule has 10 heteroatoms. The summed E-state index contributed by atoms with van der Waals surface area (Å²) < 4.78 is 33.5. The lowest BCUT2D eigenvalue weighted by Crippen LogP contribution is -2.37. The van der Waals surface area contributed by atoms with Gasteiger partial charge in [-0.1, -0.05) is 93.2 Å². The smallest absolute Gasteiger partial charge is 0.306 e. The van der Waals surface area contributed by atoms with Gasteiger partial charge in [-0.05, 0) is 57.8 Å². The first-order chi connectivity index (χ1) is 22.0. The highest BCUT2D eigenvalue weighted by Gasteiger charge is 2.21. The number of ether oxygens (including phenoxy) is 2. The molecule has 0 aliphatic heterocycles. The van der Waals surface area contributed by atoms with Gasteiger partial charge in [0.15, 0.2) is 6.10 Å². The molecule has 0 N–H and O–H groups in total. The number of carbonyl (C=O) groups is 2. The van der Waals surface area contributed by atoms with E-state index in [4.69, 9.17) is 18.5 Å². The number of carbonyl (C=O) groups excluding carboxylic acids is 2. The predicted octanol–water partition coefficient (Wildman–Crippen LogP) is 7.71. The van der Waals surface area contributed by atoms with Crippen LogP contribution in [0.1, 0.15) is 90.9 Å². The Labute approximate surface area is 278 Å². The summed E-state index contributed by atoms with van der Waals surface area (Å²) in [6.07, 6.45) is 32.5. The van der Waals surface area contributed by atoms with Crippen molar-refractivity contribution in [2.45, 2.75) is 97.0 Å². The minimum Gasteiger partial charge on any atom is -0.756 e. The van der Waals surface area contributed by atoms with Crippen LogP contribution in [-0.4, -0.2) is 70.0 Å². The van der Waals surface area contributed by atoms with Crippen molar-refractivity contribution in [3.8, 4) is 0 Å². The molecule has 0 aromatic carbocycles. The minimum absolute atomic E-state index is 0.0481. The molecule has 0 aromatic heterocycles. The van der Waals surface area contributed by atoms with E-state index in [-0.39, 0.29) is 26.1 Å². The van der Waals surface area contributed by atoms with Crippen molar-refractivity contribution in [1.29, 1.82) is 0 Å². The first-order valence-corrected chi connectivity index (χ1v) is 18.2. The number of rotatable bonds is 28. The molecule has 0 radical (unpaired) electrons. The Balaban J connectivity index is 4.65. The average Bonchev–Trinajstić information content (AvgIpc) is 2.99. The molecule has 9 nitrogen and oxygen atoms in total.